The smallest absolute Gasteiger partial charge is 0.283 e. The Labute approximate surface area is 162 Å². The average Bonchev–Trinajstić information content (AvgIpc) is 3.00. The number of ether oxygens (including phenoxy) is 2. The summed E-state index contributed by atoms with van der Waals surface area (Å²) in [5, 5.41) is 0.485. The average molecular weight is 395 g/mol. The zero-order valence-corrected chi connectivity index (χ0v) is 16.6. The molecule has 0 bridgehead atoms. The van der Waals surface area contributed by atoms with Crippen LogP contribution in [0.5, 0.6) is 5.75 Å². The van der Waals surface area contributed by atoms with Gasteiger partial charge in [0.05, 0.1) is 12.7 Å². The monoisotopic (exact) mass is 394 g/mol. The van der Waals surface area contributed by atoms with Crippen LogP contribution in [0.2, 0.25) is 5.02 Å². The largest absolute Gasteiger partial charge is 0.496 e. The number of carbonyl (C=O) groups excluding carboxylic acids is 1. The van der Waals surface area contributed by atoms with E-state index in [1.807, 2.05) is 6.92 Å². The topological polar surface area (TPSA) is 52.8 Å². The molecule has 0 radical (unpaired) electrons. The van der Waals surface area contributed by atoms with Gasteiger partial charge >= 0.3 is 0 Å². The number of hydrogen-bond acceptors (Lipinski definition) is 4. The maximum atomic E-state index is 12.7. The SMILES string of the molecule is COc1ccc(Cl)cc1C(=O)N=c1sc(C)cn1CCC1CCOCC1. The van der Waals surface area contributed by atoms with E-state index in [-0.39, 0.29) is 5.91 Å². The van der Waals surface area contributed by atoms with Crippen LogP contribution in [-0.4, -0.2) is 30.8 Å². The summed E-state index contributed by atoms with van der Waals surface area (Å²) >= 11 is 7.55. The summed E-state index contributed by atoms with van der Waals surface area (Å²) in [4.78, 5) is 18.9. The summed E-state index contributed by atoms with van der Waals surface area (Å²) in [6, 6.07) is 4.98. The Kier molecular flexibility index (Phi) is 6.51. The highest BCUT2D eigenvalue weighted by molar-refractivity contribution is 7.09. The van der Waals surface area contributed by atoms with Gasteiger partial charge in [0, 0.05) is 35.9 Å². The lowest BCUT2D eigenvalue weighted by atomic mass is 9.97. The van der Waals surface area contributed by atoms with Gasteiger partial charge in [-0.1, -0.05) is 11.6 Å². The van der Waals surface area contributed by atoms with Crippen LogP contribution in [0.25, 0.3) is 0 Å². The van der Waals surface area contributed by atoms with Crippen molar-refractivity contribution in [3.05, 3.63) is 44.7 Å². The van der Waals surface area contributed by atoms with Crippen molar-refractivity contribution in [2.75, 3.05) is 20.3 Å². The number of rotatable bonds is 5. The first-order valence-electron chi connectivity index (χ1n) is 8.74. The van der Waals surface area contributed by atoms with E-state index in [0.29, 0.717) is 27.1 Å². The van der Waals surface area contributed by atoms with E-state index < -0.39 is 0 Å². The predicted octanol–water partition coefficient (Wildman–Crippen LogP) is 4.08. The van der Waals surface area contributed by atoms with Gasteiger partial charge in [-0.15, -0.1) is 11.3 Å². The van der Waals surface area contributed by atoms with Crippen LogP contribution in [0.3, 0.4) is 0 Å². The first-order valence-corrected chi connectivity index (χ1v) is 9.93. The van der Waals surface area contributed by atoms with E-state index in [9.17, 15) is 4.79 Å². The van der Waals surface area contributed by atoms with Crippen LogP contribution in [0.15, 0.2) is 29.4 Å². The molecular weight excluding hydrogens is 372 g/mol. The summed E-state index contributed by atoms with van der Waals surface area (Å²) < 4.78 is 12.8. The fourth-order valence-corrected chi connectivity index (χ4v) is 4.13. The molecule has 0 aliphatic carbocycles. The summed E-state index contributed by atoms with van der Waals surface area (Å²) in [5.74, 6) is 0.809. The van der Waals surface area contributed by atoms with Crippen molar-refractivity contribution in [2.45, 2.75) is 32.7 Å². The fraction of sp³-hybridized carbons (Fsp3) is 0.474. The Morgan fingerprint density at radius 3 is 2.92 bits per heavy atom. The maximum absolute atomic E-state index is 12.7. The van der Waals surface area contributed by atoms with Crippen LogP contribution in [0.1, 0.15) is 34.5 Å². The lowest BCUT2D eigenvalue weighted by molar-refractivity contribution is 0.0625. The number of benzene rings is 1. The molecule has 1 aromatic heterocycles. The molecule has 2 heterocycles. The number of methoxy groups -OCH3 is 1. The summed E-state index contributed by atoms with van der Waals surface area (Å²) in [7, 11) is 1.53. The number of nitrogens with zero attached hydrogens (tertiary/aromatic N) is 2. The molecule has 1 saturated heterocycles. The van der Waals surface area contributed by atoms with E-state index >= 15 is 0 Å². The van der Waals surface area contributed by atoms with Crippen molar-refractivity contribution in [1.82, 2.24) is 4.57 Å². The van der Waals surface area contributed by atoms with Crippen molar-refractivity contribution in [3.63, 3.8) is 0 Å². The third-order valence-corrected chi connectivity index (χ3v) is 5.71. The summed E-state index contributed by atoms with van der Waals surface area (Å²) in [6.45, 7) is 4.58. The van der Waals surface area contributed by atoms with Crippen molar-refractivity contribution in [3.8, 4) is 5.75 Å². The molecule has 0 spiro atoms. The molecule has 1 amide bonds. The Bertz CT molecular complexity index is 838. The zero-order valence-electron chi connectivity index (χ0n) is 15.0. The molecule has 5 nitrogen and oxygen atoms in total. The summed E-state index contributed by atoms with van der Waals surface area (Å²) in [5.41, 5.74) is 0.377. The van der Waals surface area contributed by atoms with Crippen LogP contribution < -0.4 is 9.54 Å². The highest BCUT2D eigenvalue weighted by Crippen LogP contribution is 2.23. The van der Waals surface area contributed by atoms with E-state index in [1.54, 1.807) is 18.2 Å². The van der Waals surface area contributed by atoms with E-state index in [1.165, 1.54) is 18.4 Å². The molecule has 26 heavy (non-hydrogen) atoms. The van der Waals surface area contributed by atoms with Gasteiger partial charge < -0.3 is 14.0 Å². The normalized spacial score (nSPS) is 16.0. The molecular formula is C19H23ClN2O3S. The number of thiazole rings is 1. The fourth-order valence-electron chi connectivity index (χ4n) is 3.10. The Hall–Kier alpha value is -1.63. The zero-order chi connectivity index (χ0) is 18.5. The molecule has 0 unspecified atom stereocenters. The quantitative estimate of drug-likeness (QED) is 0.767. The van der Waals surface area contributed by atoms with Crippen molar-refractivity contribution >= 4 is 28.8 Å². The van der Waals surface area contributed by atoms with Gasteiger partial charge in [-0.2, -0.15) is 4.99 Å². The molecule has 0 atom stereocenters. The van der Waals surface area contributed by atoms with Crippen molar-refractivity contribution in [2.24, 2.45) is 10.9 Å². The standard InChI is InChI=1S/C19H23ClN2O3S/c1-13-12-22(8-5-14-6-9-25-10-7-14)19(26-13)21-18(23)16-11-15(20)3-4-17(16)24-2/h3-4,11-12,14H,5-10H2,1-2H3. The minimum atomic E-state index is -0.342. The second-order valence-corrected chi connectivity index (χ2v) is 8.07. The Morgan fingerprint density at radius 2 is 2.19 bits per heavy atom. The molecule has 7 heteroatoms. The Balaban J connectivity index is 1.82. The molecule has 1 aromatic carbocycles. The predicted molar refractivity (Wildman–Crippen MR) is 103 cm³/mol. The molecule has 1 aliphatic heterocycles. The maximum Gasteiger partial charge on any atom is 0.283 e. The molecule has 1 aliphatic rings. The number of amides is 1. The number of halogens is 1. The van der Waals surface area contributed by atoms with Gasteiger partial charge in [-0.3, -0.25) is 4.79 Å². The number of aromatic nitrogens is 1. The van der Waals surface area contributed by atoms with Gasteiger partial charge in [0.1, 0.15) is 5.75 Å². The lowest BCUT2D eigenvalue weighted by Gasteiger charge is -2.21. The van der Waals surface area contributed by atoms with Crippen LogP contribution in [0, 0.1) is 12.8 Å². The van der Waals surface area contributed by atoms with Crippen LogP contribution >= 0.6 is 22.9 Å². The molecule has 0 N–H and O–H groups in total. The molecule has 140 valence electrons. The minimum Gasteiger partial charge on any atom is -0.496 e. The van der Waals surface area contributed by atoms with Gasteiger partial charge in [-0.05, 0) is 50.3 Å². The number of aryl methyl sites for hydroxylation is 2. The third kappa shape index (κ3) is 4.75. The first kappa shape index (κ1) is 19.1. The van der Waals surface area contributed by atoms with Crippen LogP contribution in [-0.2, 0) is 11.3 Å². The number of carbonyl (C=O) groups is 1. The molecule has 3 rings (SSSR count). The van der Waals surface area contributed by atoms with Gasteiger partial charge in [0.15, 0.2) is 4.80 Å². The van der Waals surface area contributed by atoms with Crippen LogP contribution in [0.4, 0.5) is 0 Å². The molecule has 0 saturated carbocycles. The molecule has 1 fully saturated rings. The van der Waals surface area contributed by atoms with Gasteiger partial charge in [-0.25, -0.2) is 0 Å². The van der Waals surface area contributed by atoms with E-state index in [2.05, 4.69) is 15.8 Å². The van der Waals surface area contributed by atoms with E-state index in [0.717, 1.165) is 43.9 Å². The highest BCUT2D eigenvalue weighted by Gasteiger charge is 2.15. The van der Waals surface area contributed by atoms with E-state index in [4.69, 9.17) is 21.1 Å². The first-order chi connectivity index (χ1) is 12.6. The third-order valence-electron chi connectivity index (χ3n) is 4.54. The number of hydrogen-bond donors (Lipinski definition) is 0. The molecule has 2 aromatic rings. The Morgan fingerprint density at radius 1 is 1.42 bits per heavy atom. The van der Waals surface area contributed by atoms with Gasteiger partial charge in [0.25, 0.3) is 5.91 Å². The second kappa shape index (κ2) is 8.84. The van der Waals surface area contributed by atoms with Crippen molar-refractivity contribution in [1.29, 1.82) is 0 Å². The minimum absolute atomic E-state index is 0.342. The van der Waals surface area contributed by atoms with Gasteiger partial charge in [0.2, 0.25) is 0 Å². The van der Waals surface area contributed by atoms with Crippen molar-refractivity contribution < 1.29 is 14.3 Å². The summed E-state index contributed by atoms with van der Waals surface area (Å²) in [6.07, 6.45) is 5.34. The lowest BCUT2D eigenvalue weighted by Crippen LogP contribution is -2.21. The second-order valence-electron chi connectivity index (χ2n) is 6.42. The highest BCUT2D eigenvalue weighted by atomic mass is 35.5.